The molecule has 5 nitrogen and oxygen atoms in total. The Morgan fingerprint density at radius 2 is 1.96 bits per heavy atom. The number of hydrogen-bond donors (Lipinski definition) is 1. The molecule has 0 spiro atoms. The molecule has 0 atom stereocenters. The largest absolute Gasteiger partial charge is 0.487 e. The van der Waals surface area contributed by atoms with Crippen LogP contribution in [0.25, 0.3) is 0 Å². The van der Waals surface area contributed by atoms with Crippen LogP contribution >= 0.6 is 23.2 Å². The van der Waals surface area contributed by atoms with Gasteiger partial charge in [0.25, 0.3) is 0 Å². The zero-order valence-electron chi connectivity index (χ0n) is 13.1. The average Bonchev–Trinajstić information content (AvgIpc) is 2.55. The Hall–Kier alpha value is -1.50. The highest BCUT2D eigenvalue weighted by Gasteiger charge is 2.17. The molecule has 0 amide bonds. The van der Waals surface area contributed by atoms with E-state index >= 15 is 0 Å². The Kier molecular flexibility index (Phi) is 6.71. The summed E-state index contributed by atoms with van der Waals surface area (Å²) in [6.07, 6.45) is 0.358. The fraction of sp³-hybridized carbons (Fsp3) is 0.312. The van der Waals surface area contributed by atoms with Gasteiger partial charge in [0.05, 0.1) is 11.4 Å². The van der Waals surface area contributed by atoms with Gasteiger partial charge in [-0.15, -0.1) is 11.6 Å². The summed E-state index contributed by atoms with van der Waals surface area (Å²) in [5, 5.41) is 0.235. The second-order valence-corrected chi connectivity index (χ2v) is 7.75. The van der Waals surface area contributed by atoms with E-state index in [9.17, 15) is 8.42 Å². The van der Waals surface area contributed by atoms with Gasteiger partial charge >= 0.3 is 0 Å². The predicted octanol–water partition coefficient (Wildman–Crippen LogP) is 3.99. The molecule has 0 aliphatic carbocycles. The van der Waals surface area contributed by atoms with Crippen LogP contribution in [0.4, 0.5) is 5.69 Å². The molecule has 1 N–H and O–H groups in total. The minimum atomic E-state index is -3.54. The fourth-order valence-corrected chi connectivity index (χ4v) is 3.74. The van der Waals surface area contributed by atoms with E-state index in [1.54, 1.807) is 6.92 Å². The van der Waals surface area contributed by atoms with Crippen molar-refractivity contribution >= 4 is 38.9 Å². The Balaban J connectivity index is 2.23. The maximum atomic E-state index is 12.1. The molecular formula is C16H18Cl2N2O3S. The summed E-state index contributed by atoms with van der Waals surface area (Å²) in [5.74, 6) is 0.540. The van der Waals surface area contributed by atoms with Gasteiger partial charge in [0.2, 0.25) is 10.0 Å². The molecular weight excluding hydrogens is 371 g/mol. The lowest BCUT2D eigenvalue weighted by Gasteiger charge is -2.16. The maximum Gasteiger partial charge on any atom is 0.232 e. The standard InChI is InChI=1S/C16H18Cl2N2O3S/c1-12-16(20-24(21,22)9-5-8-17)14(10-15(18)19-12)23-11-13-6-3-2-4-7-13/h2-4,6-7,10,20H,5,8-9,11H2,1H3. The van der Waals surface area contributed by atoms with Crippen LogP contribution in [0.5, 0.6) is 5.75 Å². The van der Waals surface area contributed by atoms with E-state index in [0.717, 1.165) is 5.56 Å². The molecule has 1 aromatic heterocycles. The number of pyridine rings is 1. The van der Waals surface area contributed by atoms with Gasteiger partial charge in [0, 0.05) is 11.9 Å². The SMILES string of the molecule is Cc1nc(Cl)cc(OCc2ccccc2)c1NS(=O)(=O)CCCCl. The van der Waals surface area contributed by atoms with Crippen LogP contribution in [0.3, 0.4) is 0 Å². The summed E-state index contributed by atoms with van der Waals surface area (Å²) in [6.45, 7) is 1.96. The quantitative estimate of drug-likeness (QED) is 0.548. The van der Waals surface area contributed by atoms with E-state index < -0.39 is 10.0 Å². The first-order chi connectivity index (χ1) is 11.4. The second-order valence-electron chi connectivity index (χ2n) is 5.14. The molecule has 0 saturated carbocycles. The second kappa shape index (κ2) is 8.55. The van der Waals surface area contributed by atoms with Crippen LogP contribution in [0.15, 0.2) is 36.4 Å². The van der Waals surface area contributed by atoms with Gasteiger partial charge in [-0.05, 0) is 18.9 Å². The van der Waals surface area contributed by atoms with Gasteiger partial charge in [0.15, 0.2) is 0 Å². The van der Waals surface area contributed by atoms with Crippen LogP contribution in [-0.2, 0) is 16.6 Å². The van der Waals surface area contributed by atoms with E-state index in [1.165, 1.54) is 6.07 Å². The van der Waals surface area contributed by atoms with Gasteiger partial charge in [0.1, 0.15) is 23.2 Å². The topological polar surface area (TPSA) is 68.3 Å². The van der Waals surface area contributed by atoms with Gasteiger partial charge < -0.3 is 4.74 Å². The average molecular weight is 389 g/mol. The highest BCUT2D eigenvalue weighted by molar-refractivity contribution is 7.92. The number of anilines is 1. The first-order valence-electron chi connectivity index (χ1n) is 7.31. The van der Waals surface area contributed by atoms with Crippen molar-refractivity contribution in [2.24, 2.45) is 0 Å². The number of halogens is 2. The minimum Gasteiger partial charge on any atom is -0.487 e. The normalized spacial score (nSPS) is 11.3. The van der Waals surface area contributed by atoms with E-state index in [0.29, 0.717) is 23.6 Å². The number of ether oxygens (including phenoxy) is 1. The van der Waals surface area contributed by atoms with Crippen molar-refractivity contribution in [2.45, 2.75) is 20.0 Å². The molecule has 2 aromatic rings. The molecule has 130 valence electrons. The number of aromatic nitrogens is 1. The molecule has 0 aliphatic heterocycles. The zero-order chi connectivity index (χ0) is 17.6. The van der Waals surface area contributed by atoms with Gasteiger partial charge in [-0.25, -0.2) is 13.4 Å². The number of benzene rings is 1. The van der Waals surface area contributed by atoms with E-state index in [-0.39, 0.29) is 23.4 Å². The highest BCUT2D eigenvalue weighted by Crippen LogP contribution is 2.31. The smallest absolute Gasteiger partial charge is 0.232 e. The van der Waals surface area contributed by atoms with Crippen molar-refractivity contribution in [1.82, 2.24) is 4.98 Å². The van der Waals surface area contributed by atoms with Gasteiger partial charge in [-0.1, -0.05) is 41.9 Å². The maximum absolute atomic E-state index is 12.1. The van der Waals surface area contributed by atoms with Crippen molar-refractivity contribution in [3.63, 3.8) is 0 Å². The Morgan fingerprint density at radius 1 is 1.25 bits per heavy atom. The molecule has 8 heteroatoms. The van der Waals surface area contributed by atoms with Crippen LogP contribution in [0.1, 0.15) is 17.7 Å². The molecule has 2 rings (SSSR count). The molecule has 24 heavy (non-hydrogen) atoms. The lowest BCUT2D eigenvalue weighted by atomic mass is 10.2. The molecule has 0 radical (unpaired) electrons. The summed E-state index contributed by atoms with van der Waals surface area (Å²) in [5.41, 5.74) is 1.70. The van der Waals surface area contributed by atoms with E-state index in [1.807, 2.05) is 30.3 Å². The fourth-order valence-electron chi connectivity index (χ4n) is 2.03. The first kappa shape index (κ1) is 18.8. The number of alkyl halides is 1. The van der Waals surface area contributed by atoms with Crippen molar-refractivity contribution < 1.29 is 13.2 Å². The summed E-state index contributed by atoms with van der Waals surface area (Å²) < 4.78 is 32.6. The lowest BCUT2D eigenvalue weighted by Crippen LogP contribution is -2.18. The van der Waals surface area contributed by atoms with Gasteiger partial charge in [-0.2, -0.15) is 0 Å². The lowest BCUT2D eigenvalue weighted by molar-refractivity contribution is 0.307. The summed E-state index contributed by atoms with van der Waals surface area (Å²) >= 11 is 11.5. The van der Waals surface area contributed by atoms with Crippen molar-refractivity contribution in [3.8, 4) is 5.75 Å². The highest BCUT2D eigenvalue weighted by atomic mass is 35.5. The molecule has 0 fully saturated rings. The monoisotopic (exact) mass is 388 g/mol. The third-order valence-corrected chi connectivity index (χ3v) is 4.98. The summed E-state index contributed by atoms with van der Waals surface area (Å²) in [4.78, 5) is 4.09. The van der Waals surface area contributed by atoms with Crippen LogP contribution in [0.2, 0.25) is 5.15 Å². The number of sulfonamides is 1. The van der Waals surface area contributed by atoms with E-state index in [2.05, 4.69) is 9.71 Å². The number of aryl methyl sites for hydroxylation is 1. The number of nitrogens with one attached hydrogen (secondary N) is 1. The third kappa shape index (κ3) is 5.54. The van der Waals surface area contributed by atoms with E-state index in [4.69, 9.17) is 27.9 Å². The Labute approximate surface area is 152 Å². The predicted molar refractivity (Wildman–Crippen MR) is 97.5 cm³/mol. The zero-order valence-corrected chi connectivity index (χ0v) is 15.5. The number of hydrogen-bond acceptors (Lipinski definition) is 4. The van der Waals surface area contributed by atoms with Crippen molar-refractivity contribution in [1.29, 1.82) is 0 Å². The van der Waals surface area contributed by atoms with Crippen molar-refractivity contribution in [2.75, 3.05) is 16.4 Å². The minimum absolute atomic E-state index is 0.0727. The number of rotatable bonds is 8. The molecule has 0 aliphatic rings. The molecule has 1 aromatic carbocycles. The Morgan fingerprint density at radius 3 is 2.62 bits per heavy atom. The summed E-state index contributed by atoms with van der Waals surface area (Å²) in [6, 6.07) is 11.0. The molecule has 1 heterocycles. The summed E-state index contributed by atoms with van der Waals surface area (Å²) in [7, 11) is -3.54. The third-order valence-electron chi connectivity index (χ3n) is 3.17. The van der Waals surface area contributed by atoms with Crippen molar-refractivity contribution in [3.05, 3.63) is 52.8 Å². The van der Waals surface area contributed by atoms with Crippen LogP contribution in [-0.4, -0.2) is 25.0 Å². The van der Waals surface area contributed by atoms with Gasteiger partial charge in [-0.3, -0.25) is 4.72 Å². The van der Waals surface area contributed by atoms with Crippen LogP contribution < -0.4 is 9.46 Å². The Bertz CT molecular complexity index is 783. The molecule has 0 bridgehead atoms. The molecule has 0 unspecified atom stereocenters. The first-order valence-corrected chi connectivity index (χ1v) is 9.88. The number of nitrogens with zero attached hydrogens (tertiary/aromatic N) is 1. The molecule has 0 saturated heterocycles. The van der Waals surface area contributed by atoms with Crippen LogP contribution in [0, 0.1) is 6.92 Å².